The van der Waals surface area contributed by atoms with E-state index in [1.54, 1.807) is 27.9 Å². The maximum atomic E-state index is 12.3. The van der Waals surface area contributed by atoms with E-state index >= 15 is 0 Å². The van der Waals surface area contributed by atoms with E-state index < -0.39 is 23.6 Å². The van der Waals surface area contributed by atoms with Crippen molar-refractivity contribution in [3.8, 4) is 5.75 Å². The number of amides is 3. The van der Waals surface area contributed by atoms with Gasteiger partial charge in [0.05, 0.1) is 13.0 Å². The van der Waals surface area contributed by atoms with Gasteiger partial charge in [0.1, 0.15) is 5.75 Å². The monoisotopic (exact) mass is 357 g/mol. The van der Waals surface area contributed by atoms with Gasteiger partial charge < -0.3 is 10.1 Å². The Kier molecular flexibility index (Phi) is 6.16. The number of nitrogens with one attached hydrogen (secondary N) is 3. The van der Waals surface area contributed by atoms with Crippen molar-refractivity contribution < 1.29 is 19.1 Å². The molecule has 2 aromatic rings. The third kappa shape index (κ3) is 4.72. The van der Waals surface area contributed by atoms with Crippen molar-refractivity contribution in [3.63, 3.8) is 0 Å². The van der Waals surface area contributed by atoms with E-state index in [4.69, 9.17) is 4.74 Å². The van der Waals surface area contributed by atoms with Crippen molar-refractivity contribution in [1.82, 2.24) is 16.2 Å². The van der Waals surface area contributed by atoms with E-state index in [0.717, 1.165) is 22.1 Å². The van der Waals surface area contributed by atoms with Crippen LogP contribution in [0.3, 0.4) is 0 Å². The van der Waals surface area contributed by atoms with Gasteiger partial charge in [-0.05, 0) is 49.2 Å². The van der Waals surface area contributed by atoms with E-state index in [9.17, 15) is 14.4 Å². The zero-order valence-electron chi connectivity index (χ0n) is 15.3. The van der Waals surface area contributed by atoms with Gasteiger partial charge in [-0.15, -0.1) is 0 Å². The van der Waals surface area contributed by atoms with Crippen LogP contribution in [0.25, 0.3) is 10.8 Å². The van der Waals surface area contributed by atoms with Crippen LogP contribution < -0.4 is 20.9 Å². The summed E-state index contributed by atoms with van der Waals surface area (Å²) in [7, 11) is 1.61. The van der Waals surface area contributed by atoms with Crippen LogP contribution in [0, 0.1) is 0 Å². The summed E-state index contributed by atoms with van der Waals surface area (Å²) in [5.74, 6) is -1.87. The lowest BCUT2D eigenvalue weighted by molar-refractivity contribution is -0.141. The van der Waals surface area contributed by atoms with Crippen molar-refractivity contribution in [2.45, 2.75) is 32.7 Å². The molecule has 0 heterocycles. The molecule has 138 valence electrons. The Morgan fingerprint density at radius 2 is 1.54 bits per heavy atom. The third-order valence-electron chi connectivity index (χ3n) is 3.89. The molecular weight excluding hydrogens is 334 g/mol. The fourth-order valence-electron chi connectivity index (χ4n) is 2.40. The van der Waals surface area contributed by atoms with Crippen LogP contribution in [-0.2, 0) is 14.4 Å². The Hall–Kier alpha value is -3.09. The van der Waals surface area contributed by atoms with Crippen molar-refractivity contribution in [2.75, 3.05) is 7.11 Å². The Bertz CT molecular complexity index is 833. The van der Waals surface area contributed by atoms with Gasteiger partial charge in [0.15, 0.2) is 0 Å². The Morgan fingerprint density at radius 3 is 2.19 bits per heavy atom. The predicted octanol–water partition coefficient (Wildman–Crippen LogP) is 1.62. The first-order valence-electron chi connectivity index (χ1n) is 8.30. The molecule has 3 amide bonds. The zero-order valence-corrected chi connectivity index (χ0v) is 15.3. The first kappa shape index (κ1) is 19.2. The lowest BCUT2D eigenvalue weighted by Gasteiger charge is -2.14. The number of fused-ring (bicyclic) bond motifs is 1. The number of benzene rings is 2. The number of methoxy groups -OCH3 is 1. The SMILES string of the molecule is COc1ccc2cc([C@H](C)C(=O)NNC(=O)C(=O)NC(C)C)ccc2c1. The molecule has 0 fully saturated rings. The van der Waals surface area contributed by atoms with Crippen molar-refractivity contribution in [1.29, 1.82) is 0 Å². The van der Waals surface area contributed by atoms with Crippen molar-refractivity contribution in [3.05, 3.63) is 42.0 Å². The predicted molar refractivity (Wildman–Crippen MR) is 98.5 cm³/mol. The first-order chi connectivity index (χ1) is 12.3. The molecular formula is C19H23N3O4. The van der Waals surface area contributed by atoms with E-state index in [0.29, 0.717) is 0 Å². The van der Waals surface area contributed by atoms with E-state index in [1.807, 2.05) is 36.4 Å². The fourth-order valence-corrected chi connectivity index (χ4v) is 2.40. The normalized spacial score (nSPS) is 11.7. The summed E-state index contributed by atoms with van der Waals surface area (Å²) in [5, 5.41) is 4.42. The van der Waals surface area contributed by atoms with Gasteiger partial charge in [-0.25, -0.2) is 0 Å². The summed E-state index contributed by atoms with van der Waals surface area (Å²) in [6, 6.07) is 11.2. The van der Waals surface area contributed by atoms with Crippen LogP contribution in [0.15, 0.2) is 36.4 Å². The summed E-state index contributed by atoms with van der Waals surface area (Å²) in [6.07, 6.45) is 0. The van der Waals surface area contributed by atoms with E-state index in [-0.39, 0.29) is 6.04 Å². The molecule has 1 atom stereocenters. The zero-order chi connectivity index (χ0) is 19.3. The highest BCUT2D eigenvalue weighted by molar-refractivity contribution is 6.35. The minimum absolute atomic E-state index is 0.168. The number of hydrazine groups is 1. The molecule has 0 saturated heterocycles. The molecule has 7 heteroatoms. The molecule has 0 unspecified atom stereocenters. The molecule has 0 radical (unpaired) electrons. The summed E-state index contributed by atoms with van der Waals surface area (Å²) in [5.41, 5.74) is 5.20. The minimum atomic E-state index is -0.912. The summed E-state index contributed by atoms with van der Waals surface area (Å²) < 4.78 is 5.20. The highest BCUT2D eigenvalue weighted by Crippen LogP contribution is 2.25. The molecule has 3 N–H and O–H groups in total. The van der Waals surface area contributed by atoms with Gasteiger partial charge in [0.25, 0.3) is 0 Å². The quantitative estimate of drug-likeness (QED) is 0.572. The number of carbonyl (C=O) groups is 3. The molecule has 26 heavy (non-hydrogen) atoms. The van der Waals surface area contributed by atoms with Crippen LogP contribution in [0.5, 0.6) is 5.75 Å². The van der Waals surface area contributed by atoms with E-state index in [1.165, 1.54) is 0 Å². The molecule has 0 spiro atoms. The number of hydrogen-bond acceptors (Lipinski definition) is 4. The molecule has 0 aliphatic carbocycles. The molecule has 0 aromatic heterocycles. The average molecular weight is 357 g/mol. The maximum absolute atomic E-state index is 12.3. The Balaban J connectivity index is 2.02. The Labute approximate surface area is 152 Å². The summed E-state index contributed by atoms with van der Waals surface area (Å²) in [4.78, 5) is 35.4. The number of carbonyl (C=O) groups excluding carboxylic acids is 3. The molecule has 2 rings (SSSR count). The Morgan fingerprint density at radius 1 is 0.885 bits per heavy atom. The first-order valence-corrected chi connectivity index (χ1v) is 8.30. The van der Waals surface area contributed by atoms with Crippen LogP contribution in [-0.4, -0.2) is 30.9 Å². The molecule has 2 aromatic carbocycles. The highest BCUT2D eigenvalue weighted by atomic mass is 16.5. The van der Waals surface area contributed by atoms with Gasteiger partial charge in [0, 0.05) is 6.04 Å². The third-order valence-corrected chi connectivity index (χ3v) is 3.89. The van der Waals surface area contributed by atoms with Crippen LogP contribution >= 0.6 is 0 Å². The fraction of sp³-hybridized carbons (Fsp3) is 0.316. The van der Waals surface area contributed by atoms with E-state index in [2.05, 4.69) is 16.2 Å². The molecule has 0 aliphatic heterocycles. The van der Waals surface area contributed by atoms with Crippen LogP contribution in [0.1, 0.15) is 32.3 Å². The second-order valence-electron chi connectivity index (χ2n) is 6.27. The summed E-state index contributed by atoms with van der Waals surface area (Å²) >= 11 is 0. The minimum Gasteiger partial charge on any atom is -0.497 e. The lowest BCUT2D eigenvalue weighted by Crippen LogP contribution is -2.50. The second kappa shape index (κ2) is 8.33. The van der Waals surface area contributed by atoms with Crippen LogP contribution in [0.4, 0.5) is 0 Å². The maximum Gasteiger partial charge on any atom is 0.327 e. The molecule has 0 saturated carbocycles. The number of hydrogen-bond donors (Lipinski definition) is 3. The number of rotatable bonds is 4. The van der Waals surface area contributed by atoms with Gasteiger partial charge in [-0.1, -0.05) is 24.3 Å². The highest BCUT2D eigenvalue weighted by Gasteiger charge is 2.19. The second-order valence-corrected chi connectivity index (χ2v) is 6.27. The van der Waals surface area contributed by atoms with Gasteiger partial charge >= 0.3 is 11.8 Å². The average Bonchev–Trinajstić information content (AvgIpc) is 2.63. The molecule has 0 bridgehead atoms. The number of ether oxygens (including phenoxy) is 1. The molecule has 7 nitrogen and oxygen atoms in total. The largest absolute Gasteiger partial charge is 0.497 e. The van der Waals surface area contributed by atoms with Gasteiger partial charge in [-0.3, -0.25) is 25.2 Å². The standard InChI is InChI=1S/C19H23N3O4/c1-11(2)20-18(24)19(25)22-21-17(23)12(3)13-5-6-15-10-16(26-4)8-7-14(15)9-13/h5-12H,1-4H3,(H,20,24)(H,21,23)(H,22,25)/t12-/m0/s1. The summed E-state index contributed by atoms with van der Waals surface area (Å²) in [6.45, 7) is 5.20. The van der Waals surface area contributed by atoms with Crippen molar-refractivity contribution in [2.24, 2.45) is 0 Å². The van der Waals surface area contributed by atoms with Gasteiger partial charge in [-0.2, -0.15) is 0 Å². The topological polar surface area (TPSA) is 96.5 Å². The van der Waals surface area contributed by atoms with Crippen LogP contribution in [0.2, 0.25) is 0 Å². The van der Waals surface area contributed by atoms with Crippen molar-refractivity contribution >= 4 is 28.5 Å². The smallest absolute Gasteiger partial charge is 0.327 e. The van der Waals surface area contributed by atoms with Gasteiger partial charge in [0.2, 0.25) is 5.91 Å². The molecule has 0 aliphatic rings. The lowest BCUT2D eigenvalue weighted by atomic mass is 9.97.